The zero-order chi connectivity index (χ0) is 16.8. The maximum atomic E-state index is 13.0. The van der Waals surface area contributed by atoms with Crippen LogP contribution in [0.3, 0.4) is 0 Å². The first-order chi connectivity index (χ1) is 12.3. The van der Waals surface area contributed by atoms with E-state index in [1.165, 1.54) is 42.9 Å². The Morgan fingerprint density at radius 2 is 1.64 bits per heavy atom. The molecule has 0 bridgehead atoms. The van der Waals surface area contributed by atoms with Crippen molar-refractivity contribution in [3.8, 4) is 0 Å². The van der Waals surface area contributed by atoms with Crippen LogP contribution in [0.4, 0.5) is 16.2 Å². The molecule has 0 aromatic carbocycles. The molecule has 1 saturated carbocycles. The van der Waals surface area contributed by atoms with E-state index in [4.69, 9.17) is 9.97 Å². The van der Waals surface area contributed by atoms with E-state index in [2.05, 4.69) is 19.8 Å². The second kappa shape index (κ2) is 5.89. The van der Waals surface area contributed by atoms with Crippen LogP contribution in [0.15, 0.2) is 12.4 Å². The number of rotatable bonds is 3. The van der Waals surface area contributed by atoms with E-state index >= 15 is 0 Å². The SMILES string of the molecule is Fc1cnc(N2CCN(c3nc(C4CC4)nc4c3CCC4)CC2)nc1. The third-order valence-corrected chi connectivity index (χ3v) is 5.34. The summed E-state index contributed by atoms with van der Waals surface area (Å²) in [7, 11) is 0. The lowest BCUT2D eigenvalue weighted by molar-refractivity contribution is 0.600. The summed E-state index contributed by atoms with van der Waals surface area (Å²) in [6.45, 7) is 3.41. The number of aryl methyl sites for hydroxylation is 1. The molecule has 0 spiro atoms. The van der Waals surface area contributed by atoms with E-state index < -0.39 is 5.82 Å². The largest absolute Gasteiger partial charge is 0.353 e. The molecule has 3 heterocycles. The van der Waals surface area contributed by atoms with Gasteiger partial charge in [-0.05, 0) is 32.1 Å². The molecule has 0 N–H and O–H groups in total. The number of anilines is 2. The van der Waals surface area contributed by atoms with Gasteiger partial charge in [0.05, 0.1) is 12.4 Å². The maximum absolute atomic E-state index is 13.0. The van der Waals surface area contributed by atoms with Crippen LogP contribution in [-0.2, 0) is 12.8 Å². The molecule has 2 aromatic rings. The van der Waals surface area contributed by atoms with Gasteiger partial charge in [-0.1, -0.05) is 0 Å². The predicted molar refractivity (Wildman–Crippen MR) is 92.4 cm³/mol. The Morgan fingerprint density at radius 1 is 0.920 bits per heavy atom. The van der Waals surface area contributed by atoms with E-state index in [1.807, 2.05) is 0 Å². The van der Waals surface area contributed by atoms with Crippen LogP contribution in [0, 0.1) is 5.82 Å². The zero-order valence-corrected chi connectivity index (χ0v) is 14.2. The van der Waals surface area contributed by atoms with Gasteiger partial charge in [-0.3, -0.25) is 0 Å². The molecule has 7 heteroatoms. The lowest BCUT2D eigenvalue weighted by atomic mass is 10.2. The molecule has 0 amide bonds. The van der Waals surface area contributed by atoms with Gasteiger partial charge in [0.15, 0.2) is 5.82 Å². The second-order valence-electron chi connectivity index (χ2n) is 7.13. The lowest BCUT2D eigenvalue weighted by Gasteiger charge is -2.36. The van der Waals surface area contributed by atoms with Gasteiger partial charge in [-0.15, -0.1) is 0 Å². The van der Waals surface area contributed by atoms with Gasteiger partial charge in [-0.2, -0.15) is 0 Å². The van der Waals surface area contributed by atoms with Crippen LogP contribution in [-0.4, -0.2) is 46.1 Å². The molecular weight excluding hydrogens is 319 g/mol. The van der Waals surface area contributed by atoms with Gasteiger partial charge >= 0.3 is 0 Å². The Bertz CT molecular complexity index is 781. The summed E-state index contributed by atoms with van der Waals surface area (Å²) in [4.78, 5) is 22.5. The fourth-order valence-corrected chi connectivity index (χ4v) is 3.80. The van der Waals surface area contributed by atoms with Crippen LogP contribution in [0.25, 0.3) is 0 Å². The number of piperazine rings is 1. The minimum absolute atomic E-state index is 0.397. The number of aromatic nitrogens is 4. The van der Waals surface area contributed by atoms with E-state index in [-0.39, 0.29) is 0 Å². The van der Waals surface area contributed by atoms with Gasteiger partial charge in [-0.25, -0.2) is 24.3 Å². The fraction of sp³-hybridized carbons (Fsp3) is 0.556. The smallest absolute Gasteiger partial charge is 0.225 e. The maximum Gasteiger partial charge on any atom is 0.225 e. The predicted octanol–water partition coefficient (Wildman–Crippen LogP) is 2.10. The molecule has 0 radical (unpaired) electrons. The standard InChI is InChI=1S/C18H21FN6/c19-13-10-20-18(21-11-13)25-8-6-24(7-9-25)17-14-2-1-3-15(14)22-16(23-17)12-4-5-12/h10-12H,1-9H2. The minimum atomic E-state index is -0.397. The average molecular weight is 340 g/mol. The van der Waals surface area contributed by atoms with Crippen molar-refractivity contribution in [1.29, 1.82) is 0 Å². The lowest BCUT2D eigenvalue weighted by Crippen LogP contribution is -2.47. The quantitative estimate of drug-likeness (QED) is 0.853. The van der Waals surface area contributed by atoms with Crippen molar-refractivity contribution in [1.82, 2.24) is 19.9 Å². The summed E-state index contributed by atoms with van der Waals surface area (Å²) < 4.78 is 13.0. The van der Waals surface area contributed by atoms with Crippen LogP contribution >= 0.6 is 0 Å². The van der Waals surface area contributed by atoms with Crippen molar-refractivity contribution in [2.75, 3.05) is 36.0 Å². The topological polar surface area (TPSA) is 58.0 Å². The van der Waals surface area contributed by atoms with Crippen LogP contribution in [0.2, 0.25) is 0 Å². The summed E-state index contributed by atoms with van der Waals surface area (Å²) in [5.41, 5.74) is 2.63. The number of nitrogens with zero attached hydrogens (tertiary/aromatic N) is 6. The molecular formula is C18H21FN6. The van der Waals surface area contributed by atoms with Gasteiger partial charge in [0, 0.05) is 43.4 Å². The minimum Gasteiger partial charge on any atom is -0.353 e. The average Bonchev–Trinajstić information content (AvgIpc) is 3.39. The van der Waals surface area contributed by atoms with E-state index in [0.29, 0.717) is 11.9 Å². The molecule has 0 atom stereocenters. The van der Waals surface area contributed by atoms with Gasteiger partial charge in [0.2, 0.25) is 5.95 Å². The van der Waals surface area contributed by atoms with Gasteiger partial charge in [0.1, 0.15) is 11.6 Å². The van der Waals surface area contributed by atoms with Gasteiger partial charge < -0.3 is 9.80 Å². The fourth-order valence-electron chi connectivity index (χ4n) is 3.80. The highest BCUT2D eigenvalue weighted by atomic mass is 19.1. The molecule has 130 valence electrons. The van der Waals surface area contributed by atoms with Crippen molar-refractivity contribution >= 4 is 11.8 Å². The molecule has 1 aliphatic heterocycles. The highest BCUT2D eigenvalue weighted by Crippen LogP contribution is 2.40. The molecule has 3 aliphatic rings. The Balaban J connectivity index is 1.36. The summed E-state index contributed by atoms with van der Waals surface area (Å²) in [5.74, 6) is 3.00. The monoisotopic (exact) mass is 340 g/mol. The Hall–Kier alpha value is -2.31. The Kier molecular flexibility index (Phi) is 3.53. The Labute approximate surface area is 146 Å². The van der Waals surface area contributed by atoms with Crippen molar-refractivity contribution in [3.05, 3.63) is 35.3 Å². The third-order valence-electron chi connectivity index (χ3n) is 5.34. The van der Waals surface area contributed by atoms with Crippen molar-refractivity contribution in [3.63, 3.8) is 0 Å². The first-order valence-corrected chi connectivity index (χ1v) is 9.15. The van der Waals surface area contributed by atoms with E-state index in [0.717, 1.165) is 50.7 Å². The summed E-state index contributed by atoms with van der Waals surface area (Å²) in [5, 5.41) is 0. The molecule has 1 saturated heterocycles. The first-order valence-electron chi connectivity index (χ1n) is 9.15. The second-order valence-corrected chi connectivity index (χ2v) is 7.13. The first kappa shape index (κ1) is 15.0. The number of hydrogen-bond acceptors (Lipinski definition) is 6. The summed E-state index contributed by atoms with van der Waals surface area (Å²) >= 11 is 0. The highest BCUT2D eigenvalue weighted by Gasteiger charge is 2.31. The molecule has 6 nitrogen and oxygen atoms in total. The molecule has 2 aliphatic carbocycles. The molecule has 25 heavy (non-hydrogen) atoms. The molecule has 5 rings (SSSR count). The molecule has 2 fully saturated rings. The Morgan fingerprint density at radius 3 is 2.36 bits per heavy atom. The van der Waals surface area contributed by atoms with Gasteiger partial charge in [0.25, 0.3) is 0 Å². The third kappa shape index (κ3) is 2.81. The zero-order valence-electron chi connectivity index (χ0n) is 14.2. The van der Waals surface area contributed by atoms with Crippen LogP contribution in [0.5, 0.6) is 0 Å². The van der Waals surface area contributed by atoms with Crippen LogP contribution < -0.4 is 9.80 Å². The van der Waals surface area contributed by atoms with Crippen molar-refractivity contribution in [2.45, 2.75) is 38.0 Å². The molecule has 0 unspecified atom stereocenters. The normalized spacial score (nSPS) is 20.0. The van der Waals surface area contributed by atoms with E-state index in [9.17, 15) is 4.39 Å². The number of hydrogen-bond donors (Lipinski definition) is 0. The summed E-state index contributed by atoms with van der Waals surface area (Å²) in [6.07, 6.45) is 8.29. The van der Waals surface area contributed by atoms with Crippen LogP contribution in [0.1, 0.15) is 42.3 Å². The molecule has 2 aromatic heterocycles. The number of halogens is 1. The number of fused-ring (bicyclic) bond motifs is 1. The summed E-state index contributed by atoms with van der Waals surface area (Å²) in [6, 6.07) is 0. The highest BCUT2D eigenvalue weighted by molar-refractivity contribution is 5.53. The van der Waals surface area contributed by atoms with Crippen molar-refractivity contribution < 1.29 is 4.39 Å². The van der Waals surface area contributed by atoms with Crippen molar-refractivity contribution in [2.24, 2.45) is 0 Å². The van der Waals surface area contributed by atoms with E-state index in [1.54, 1.807) is 0 Å².